The van der Waals surface area contributed by atoms with E-state index in [0.717, 1.165) is 44.9 Å². The summed E-state index contributed by atoms with van der Waals surface area (Å²) in [5.74, 6) is 1.16. The van der Waals surface area contributed by atoms with Crippen LogP contribution in [-0.4, -0.2) is 49.5 Å². The van der Waals surface area contributed by atoms with E-state index < -0.39 is 0 Å². The molecule has 27 heavy (non-hydrogen) atoms. The molecular weight excluding hydrogens is 451 g/mol. The van der Waals surface area contributed by atoms with Crippen molar-refractivity contribution in [3.8, 4) is 0 Å². The molecule has 0 spiro atoms. The zero-order chi connectivity index (χ0) is 18.8. The monoisotopic (exact) mass is 486 g/mol. The van der Waals surface area contributed by atoms with Gasteiger partial charge >= 0.3 is 0 Å². The second-order valence-electron chi connectivity index (χ2n) is 7.36. The first-order valence-electron chi connectivity index (χ1n) is 9.90. The van der Waals surface area contributed by atoms with Crippen molar-refractivity contribution < 1.29 is 4.79 Å². The Morgan fingerprint density at radius 3 is 2.63 bits per heavy atom. The lowest BCUT2D eigenvalue weighted by Crippen LogP contribution is -2.45. The number of hydrogen-bond donors (Lipinski definition) is 2. The molecule has 2 N–H and O–H groups in total. The summed E-state index contributed by atoms with van der Waals surface area (Å²) in [6, 6.07) is 10.9. The number of guanidine groups is 1. The van der Waals surface area contributed by atoms with Crippen LogP contribution in [0.25, 0.3) is 0 Å². The number of nitrogens with one attached hydrogen (secondary N) is 2. The second kappa shape index (κ2) is 13.0. The lowest BCUT2D eigenvalue weighted by molar-refractivity contribution is -0.133. The molecule has 2 rings (SSSR count). The van der Waals surface area contributed by atoms with E-state index in [0.29, 0.717) is 6.04 Å². The highest BCUT2D eigenvalue weighted by molar-refractivity contribution is 14.0. The van der Waals surface area contributed by atoms with Gasteiger partial charge in [-0.15, -0.1) is 24.0 Å². The molecule has 1 fully saturated rings. The molecule has 1 aromatic carbocycles. The number of unbranched alkanes of at least 4 members (excludes halogenated alkanes) is 2. The highest BCUT2D eigenvalue weighted by Crippen LogP contribution is 2.12. The van der Waals surface area contributed by atoms with Crippen LogP contribution in [0.4, 0.5) is 0 Å². The molecule has 1 atom stereocenters. The topological polar surface area (TPSA) is 56.7 Å². The van der Waals surface area contributed by atoms with Crippen molar-refractivity contribution in [1.82, 2.24) is 15.5 Å². The Morgan fingerprint density at radius 1 is 1.22 bits per heavy atom. The summed E-state index contributed by atoms with van der Waals surface area (Å²) in [6.07, 6.45) is 5.69. The standard InChI is InChI=1S/C21H34N4O.HI/c1-17(2)20(26)25-15-13-19(16-25)24-21(22-3)23-14-9-5-8-12-18-10-6-4-7-11-18;/h4,6-7,10-11,17,19H,5,8-9,12-16H2,1-3H3,(H2,22,23,24);1H. The SMILES string of the molecule is CN=C(NCCCCCc1ccccc1)NC1CCN(C(=O)C(C)C)C1.I. The molecule has 152 valence electrons. The van der Waals surface area contributed by atoms with E-state index in [1.807, 2.05) is 18.7 Å². The van der Waals surface area contributed by atoms with Gasteiger partial charge in [0.1, 0.15) is 0 Å². The van der Waals surface area contributed by atoms with Crippen LogP contribution in [0.3, 0.4) is 0 Å². The maximum atomic E-state index is 12.1. The average Bonchev–Trinajstić information content (AvgIpc) is 3.12. The van der Waals surface area contributed by atoms with Gasteiger partial charge in [-0.2, -0.15) is 0 Å². The normalized spacial score (nSPS) is 17.0. The summed E-state index contributed by atoms with van der Waals surface area (Å²) >= 11 is 0. The lowest BCUT2D eigenvalue weighted by Gasteiger charge is -2.20. The summed E-state index contributed by atoms with van der Waals surface area (Å²) in [6.45, 7) is 6.46. The summed E-state index contributed by atoms with van der Waals surface area (Å²) in [5.41, 5.74) is 1.42. The van der Waals surface area contributed by atoms with Crippen molar-refractivity contribution in [2.24, 2.45) is 10.9 Å². The van der Waals surface area contributed by atoms with Crippen molar-refractivity contribution in [1.29, 1.82) is 0 Å². The predicted molar refractivity (Wildman–Crippen MR) is 124 cm³/mol. The fraction of sp³-hybridized carbons (Fsp3) is 0.619. The molecule has 0 saturated carbocycles. The summed E-state index contributed by atoms with van der Waals surface area (Å²) in [5, 5.41) is 6.85. The molecule has 0 radical (unpaired) electrons. The number of likely N-dealkylation sites (tertiary alicyclic amines) is 1. The number of nitrogens with zero attached hydrogens (tertiary/aromatic N) is 2. The number of amides is 1. The number of aryl methyl sites for hydroxylation is 1. The summed E-state index contributed by atoms with van der Waals surface area (Å²) in [7, 11) is 1.80. The van der Waals surface area contributed by atoms with E-state index in [1.165, 1.54) is 18.4 Å². The fourth-order valence-corrected chi connectivity index (χ4v) is 3.31. The Balaban J connectivity index is 0.00000364. The van der Waals surface area contributed by atoms with Gasteiger partial charge in [0, 0.05) is 38.6 Å². The lowest BCUT2D eigenvalue weighted by atomic mass is 10.1. The van der Waals surface area contributed by atoms with E-state index in [4.69, 9.17) is 0 Å². The van der Waals surface area contributed by atoms with Gasteiger partial charge in [-0.3, -0.25) is 9.79 Å². The van der Waals surface area contributed by atoms with Gasteiger partial charge in [-0.25, -0.2) is 0 Å². The largest absolute Gasteiger partial charge is 0.356 e. The van der Waals surface area contributed by atoms with Crippen LogP contribution >= 0.6 is 24.0 Å². The molecule has 0 bridgehead atoms. The fourth-order valence-electron chi connectivity index (χ4n) is 3.31. The predicted octanol–water partition coefficient (Wildman–Crippen LogP) is 3.44. The quantitative estimate of drug-likeness (QED) is 0.256. The highest BCUT2D eigenvalue weighted by Gasteiger charge is 2.27. The van der Waals surface area contributed by atoms with Crippen LogP contribution in [0, 0.1) is 5.92 Å². The molecule has 1 amide bonds. The van der Waals surface area contributed by atoms with Crippen LogP contribution in [0.2, 0.25) is 0 Å². The zero-order valence-corrected chi connectivity index (χ0v) is 19.2. The molecule has 1 heterocycles. The summed E-state index contributed by atoms with van der Waals surface area (Å²) in [4.78, 5) is 18.3. The van der Waals surface area contributed by atoms with Crippen molar-refractivity contribution in [2.75, 3.05) is 26.7 Å². The van der Waals surface area contributed by atoms with E-state index in [9.17, 15) is 4.79 Å². The van der Waals surface area contributed by atoms with Crippen molar-refractivity contribution in [2.45, 2.75) is 52.0 Å². The first kappa shape index (κ1) is 23.7. The van der Waals surface area contributed by atoms with Crippen molar-refractivity contribution >= 4 is 35.8 Å². The molecular formula is C21H35IN4O. The minimum atomic E-state index is 0. The molecule has 1 aliphatic heterocycles. The smallest absolute Gasteiger partial charge is 0.225 e. The van der Waals surface area contributed by atoms with E-state index in [-0.39, 0.29) is 35.8 Å². The Hall–Kier alpha value is -1.31. The molecule has 1 unspecified atom stereocenters. The van der Waals surface area contributed by atoms with Crippen LogP contribution < -0.4 is 10.6 Å². The second-order valence-corrected chi connectivity index (χ2v) is 7.36. The maximum absolute atomic E-state index is 12.1. The van der Waals surface area contributed by atoms with Gasteiger partial charge in [-0.05, 0) is 31.2 Å². The molecule has 1 aliphatic rings. The number of halogens is 1. The molecule has 1 aromatic rings. The van der Waals surface area contributed by atoms with E-state index in [2.05, 4.69) is 46.0 Å². The molecule has 5 nitrogen and oxygen atoms in total. The zero-order valence-electron chi connectivity index (χ0n) is 16.9. The number of aliphatic imine (C=N–C) groups is 1. The highest BCUT2D eigenvalue weighted by atomic mass is 127. The number of benzene rings is 1. The van der Waals surface area contributed by atoms with Gasteiger partial charge in [0.05, 0.1) is 0 Å². The third kappa shape index (κ3) is 8.49. The Bertz CT molecular complexity index is 577. The number of rotatable bonds is 8. The number of carbonyl (C=O) groups excluding carboxylic acids is 1. The average molecular weight is 486 g/mol. The Kier molecular flexibility index (Phi) is 11.4. The van der Waals surface area contributed by atoms with Gasteiger partial charge in [0.2, 0.25) is 5.91 Å². The minimum absolute atomic E-state index is 0. The minimum Gasteiger partial charge on any atom is -0.356 e. The first-order chi connectivity index (χ1) is 12.6. The number of hydrogen-bond acceptors (Lipinski definition) is 2. The third-order valence-corrected chi connectivity index (χ3v) is 4.84. The van der Waals surface area contributed by atoms with Crippen LogP contribution in [0.15, 0.2) is 35.3 Å². The maximum Gasteiger partial charge on any atom is 0.225 e. The van der Waals surface area contributed by atoms with E-state index >= 15 is 0 Å². The Labute approximate surface area is 181 Å². The third-order valence-electron chi connectivity index (χ3n) is 4.84. The van der Waals surface area contributed by atoms with Gasteiger partial charge in [0.15, 0.2) is 5.96 Å². The van der Waals surface area contributed by atoms with Crippen molar-refractivity contribution in [3.05, 3.63) is 35.9 Å². The summed E-state index contributed by atoms with van der Waals surface area (Å²) < 4.78 is 0. The number of carbonyl (C=O) groups is 1. The van der Waals surface area contributed by atoms with Crippen LogP contribution in [0.1, 0.15) is 45.1 Å². The van der Waals surface area contributed by atoms with Gasteiger partial charge < -0.3 is 15.5 Å². The van der Waals surface area contributed by atoms with Crippen molar-refractivity contribution in [3.63, 3.8) is 0 Å². The Morgan fingerprint density at radius 2 is 1.96 bits per heavy atom. The van der Waals surface area contributed by atoms with Crippen LogP contribution in [-0.2, 0) is 11.2 Å². The van der Waals surface area contributed by atoms with Gasteiger partial charge in [0.25, 0.3) is 0 Å². The molecule has 0 aliphatic carbocycles. The van der Waals surface area contributed by atoms with Gasteiger partial charge in [-0.1, -0.05) is 50.6 Å². The molecule has 1 saturated heterocycles. The van der Waals surface area contributed by atoms with E-state index in [1.54, 1.807) is 7.05 Å². The first-order valence-corrected chi connectivity index (χ1v) is 9.90. The van der Waals surface area contributed by atoms with Crippen LogP contribution in [0.5, 0.6) is 0 Å². The molecule has 6 heteroatoms. The molecule has 0 aromatic heterocycles.